The van der Waals surface area contributed by atoms with E-state index in [9.17, 15) is 18.0 Å². The van der Waals surface area contributed by atoms with E-state index in [2.05, 4.69) is 15.3 Å². The fraction of sp³-hybridized carbons (Fsp3) is 0.500. The van der Waals surface area contributed by atoms with Gasteiger partial charge in [-0.25, -0.2) is 17.7 Å². The van der Waals surface area contributed by atoms with Crippen LogP contribution < -0.4 is 15.8 Å². The van der Waals surface area contributed by atoms with Gasteiger partial charge >= 0.3 is 0 Å². The smallest absolute Gasteiger partial charge is 0.255 e. The van der Waals surface area contributed by atoms with E-state index in [1.54, 1.807) is 19.1 Å². The van der Waals surface area contributed by atoms with Gasteiger partial charge in [-0.05, 0) is 38.0 Å². The van der Waals surface area contributed by atoms with Crippen molar-refractivity contribution in [2.45, 2.75) is 37.6 Å². The van der Waals surface area contributed by atoms with Gasteiger partial charge in [-0.2, -0.15) is 0 Å². The maximum Gasteiger partial charge on any atom is 0.255 e. The van der Waals surface area contributed by atoms with E-state index in [1.807, 2.05) is 11.8 Å². The maximum absolute atomic E-state index is 12.6. The zero-order valence-electron chi connectivity index (χ0n) is 19.4. The van der Waals surface area contributed by atoms with Gasteiger partial charge in [-0.1, -0.05) is 12.1 Å². The molecule has 1 unspecified atom stereocenters. The van der Waals surface area contributed by atoms with Gasteiger partial charge in [-0.3, -0.25) is 14.6 Å². The molecule has 2 aromatic rings. The number of morpholine rings is 1. The van der Waals surface area contributed by atoms with Crippen molar-refractivity contribution in [3.63, 3.8) is 0 Å². The first-order chi connectivity index (χ1) is 15.6. The lowest BCUT2D eigenvalue weighted by atomic mass is 10.1. The van der Waals surface area contributed by atoms with Crippen LogP contribution in [0.15, 0.2) is 34.0 Å². The van der Waals surface area contributed by atoms with Crippen LogP contribution in [0, 0.1) is 6.92 Å². The van der Waals surface area contributed by atoms with Crippen molar-refractivity contribution in [1.29, 1.82) is 0 Å². The summed E-state index contributed by atoms with van der Waals surface area (Å²) in [7, 11) is -0.548. The number of sulfonamides is 1. The fourth-order valence-electron chi connectivity index (χ4n) is 3.59. The largest absolute Gasteiger partial charge is 0.378 e. The second-order valence-electron chi connectivity index (χ2n) is 8.20. The molecular weight excluding hydrogens is 446 g/mol. The molecule has 1 fully saturated rings. The Bertz CT molecular complexity index is 1140. The van der Waals surface area contributed by atoms with Crippen LogP contribution in [0.3, 0.4) is 0 Å². The van der Waals surface area contributed by atoms with Crippen LogP contribution in [0.25, 0.3) is 0 Å². The number of amides is 1. The lowest BCUT2D eigenvalue weighted by Gasteiger charge is -2.27. The standard InChI is InChI=1S/C22H31N5O5S/c1-15(17-5-7-18(8-6-17)33(30,31)26(3)4)23-20(28)10-9-19-16(2)24-22(25-21(19)29)27-11-13-32-14-12-27/h5-8,15H,9-14H2,1-4H3,(H,23,28)(H,24,25,29). The molecule has 0 aliphatic carbocycles. The molecule has 1 saturated heterocycles. The fourth-order valence-corrected chi connectivity index (χ4v) is 4.49. The molecule has 0 bridgehead atoms. The van der Waals surface area contributed by atoms with Gasteiger partial charge in [0.1, 0.15) is 0 Å². The summed E-state index contributed by atoms with van der Waals surface area (Å²) in [6.45, 7) is 6.13. The number of anilines is 1. The molecule has 1 aromatic heterocycles. The molecule has 1 atom stereocenters. The molecule has 180 valence electrons. The first-order valence-corrected chi connectivity index (χ1v) is 12.3. The molecule has 2 heterocycles. The molecule has 1 amide bonds. The van der Waals surface area contributed by atoms with Crippen molar-refractivity contribution in [2.24, 2.45) is 0 Å². The van der Waals surface area contributed by atoms with Gasteiger partial charge < -0.3 is 15.0 Å². The van der Waals surface area contributed by atoms with Crippen molar-refractivity contribution in [3.8, 4) is 0 Å². The Morgan fingerprint density at radius 1 is 1.24 bits per heavy atom. The minimum absolute atomic E-state index is 0.139. The number of aryl methyl sites for hydroxylation is 1. The van der Waals surface area contributed by atoms with Crippen LogP contribution in [0.2, 0.25) is 0 Å². The third-order valence-electron chi connectivity index (χ3n) is 5.66. The Hall–Kier alpha value is -2.76. The van der Waals surface area contributed by atoms with Gasteiger partial charge in [0.15, 0.2) is 0 Å². The molecule has 2 N–H and O–H groups in total. The van der Waals surface area contributed by atoms with E-state index in [1.165, 1.54) is 26.2 Å². The van der Waals surface area contributed by atoms with Crippen LogP contribution >= 0.6 is 0 Å². The monoisotopic (exact) mass is 477 g/mol. The summed E-state index contributed by atoms with van der Waals surface area (Å²) in [6, 6.07) is 6.11. The third kappa shape index (κ3) is 5.98. The quantitative estimate of drug-likeness (QED) is 0.581. The Morgan fingerprint density at radius 3 is 2.45 bits per heavy atom. The Morgan fingerprint density at radius 2 is 1.88 bits per heavy atom. The predicted molar refractivity (Wildman–Crippen MR) is 125 cm³/mol. The highest BCUT2D eigenvalue weighted by Crippen LogP contribution is 2.18. The Labute approximate surface area is 194 Å². The topological polar surface area (TPSA) is 125 Å². The zero-order valence-corrected chi connectivity index (χ0v) is 20.2. The molecular formula is C22H31N5O5S. The van der Waals surface area contributed by atoms with Crippen molar-refractivity contribution in [3.05, 3.63) is 51.4 Å². The van der Waals surface area contributed by atoms with Gasteiger partial charge in [0.05, 0.1) is 24.2 Å². The van der Waals surface area contributed by atoms with Crippen LogP contribution in [0.1, 0.15) is 36.2 Å². The molecule has 3 rings (SSSR count). The number of hydrogen-bond donors (Lipinski definition) is 2. The zero-order chi connectivity index (χ0) is 24.2. The first kappa shape index (κ1) is 24.9. The molecule has 0 radical (unpaired) electrons. The molecule has 0 spiro atoms. The van der Waals surface area contributed by atoms with Crippen LogP contribution in [-0.4, -0.2) is 69.0 Å². The van der Waals surface area contributed by atoms with Gasteiger partial charge in [-0.15, -0.1) is 0 Å². The van der Waals surface area contributed by atoms with E-state index in [0.717, 1.165) is 9.87 Å². The predicted octanol–water partition coefficient (Wildman–Crippen LogP) is 0.975. The third-order valence-corrected chi connectivity index (χ3v) is 7.49. The normalized spacial score (nSPS) is 15.5. The number of H-pyrrole nitrogens is 1. The number of benzene rings is 1. The van der Waals surface area contributed by atoms with Gasteiger partial charge in [0.2, 0.25) is 21.9 Å². The molecule has 1 aliphatic heterocycles. The van der Waals surface area contributed by atoms with Crippen LogP contribution in [-0.2, 0) is 26.0 Å². The summed E-state index contributed by atoms with van der Waals surface area (Å²) < 4.78 is 30.9. The summed E-state index contributed by atoms with van der Waals surface area (Å²) in [6.07, 6.45) is 0.413. The summed E-state index contributed by atoms with van der Waals surface area (Å²) in [5.41, 5.74) is 1.65. The van der Waals surface area contributed by atoms with Crippen LogP contribution in [0.5, 0.6) is 0 Å². The van der Waals surface area contributed by atoms with E-state index >= 15 is 0 Å². The number of rotatable bonds is 8. The van der Waals surface area contributed by atoms with E-state index in [0.29, 0.717) is 43.5 Å². The second kappa shape index (κ2) is 10.4. The number of aromatic amines is 1. The van der Waals surface area contributed by atoms with Crippen molar-refractivity contribution in [2.75, 3.05) is 45.3 Å². The number of nitrogens with one attached hydrogen (secondary N) is 2. The van der Waals surface area contributed by atoms with E-state index in [4.69, 9.17) is 4.74 Å². The molecule has 11 heteroatoms. The summed E-state index contributed by atoms with van der Waals surface area (Å²) in [5, 5.41) is 2.90. The van der Waals surface area contributed by atoms with E-state index < -0.39 is 10.0 Å². The van der Waals surface area contributed by atoms with Gasteiger partial charge in [0.25, 0.3) is 5.56 Å². The maximum atomic E-state index is 12.6. The highest BCUT2D eigenvalue weighted by atomic mass is 32.2. The van der Waals surface area contributed by atoms with Crippen LogP contribution in [0.4, 0.5) is 5.95 Å². The number of nitrogens with zero attached hydrogens (tertiary/aromatic N) is 3. The average molecular weight is 478 g/mol. The second-order valence-corrected chi connectivity index (χ2v) is 10.4. The first-order valence-electron chi connectivity index (χ1n) is 10.8. The Balaban J connectivity index is 1.59. The highest BCUT2D eigenvalue weighted by molar-refractivity contribution is 7.89. The SMILES string of the molecule is Cc1nc(N2CCOCC2)[nH]c(=O)c1CCC(=O)NC(C)c1ccc(S(=O)(=O)N(C)C)cc1. The number of aromatic nitrogens is 2. The minimum Gasteiger partial charge on any atom is -0.378 e. The van der Waals surface area contributed by atoms with Gasteiger partial charge in [0, 0.05) is 44.9 Å². The molecule has 1 aliphatic rings. The lowest BCUT2D eigenvalue weighted by molar-refractivity contribution is -0.121. The van der Waals surface area contributed by atoms with Crippen molar-refractivity contribution in [1.82, 2.24) is 19.6 Å². The Kier molecular flexibility index (Phi) is 7.88. The van der Waals surface area contributed by atoms with E-state index in [-0.39, 0.29) is 35.2 Å². The minimum atomic E-state index is -3.50. The average Bonchev–Trinajstić information content (AvgIpc) is 2.79. The summed E-state index contributed by atoms with van der Waals surface area (Å²) in [4.78, 5) is 34.6. The van der Waals surface area contributed by atoms with Crippen molar-refractivity contribution < 1.29 is 17.9 Å². The summed E-state index contributed by atoms with van der Waals surface area (Å²) >= 11 is 0. The number of ether oxygens (including phenoxy) is 1. The number of carbonyl (C=O) groups is 1. The highest BCUT2D eigenvalue weighted by Gasteiger charge is 2.19. The summed E-state index contributed by atoms with van der Waals surface area (Å²) in [5.74, 6) is 0.325. The number of hydrogen-bond acceptors (Lipinski definition) is 7. The molecule has 33 heavy (non-hydrogen) atoms. The lowest BCUT2D eigenvalue weighted by Crippen LogP contribution is -2.38. The molecule has 1 aromatic carbocycles. The van der Waals surface area contributed by atoms with Crippen molar-refractivity contribution >= 4 is 21.9 Å². The number of carbonyl (C=O) groups excluding carboxylic acids is 1. The molecule has 10 nitrogen and oxygen atoms in total. The molecule has 0 saturated carbocycles.